The van der Waals surface area contributed by atoms with Crippen LogP contribution in [0.3, 0.4) is 0 Å². The molecule has 1 saturated heterocycles. The topological polar surface area (TPSA) is 109 Å². The van der Waals surface area contributed by atoms with E-state index in [4.69, 9.17) is 16.3 Å². The van der Waals surface area contributed by atoms with Gasteiger partial charge in [-0.3, -0.25) is 9.89 Å². The number of aromatic nitrogens is 2. The normalized spacial score (nSPS) is 15.5. The molecule has 1 aliphatic heterocycles. The van der Waals surface area contributed by atoms with Crippen LogP contribution in [-0.4, -0.2) is 48.8 Å². The smallest absolute Gasteiger partial charge is 0.299 e. The first kappa shape index (κ1) is 21.4. The van der Waals surface area contributed by atoms with E-state index in [0.29, 0.717) is 48.4 Å². The first-order chi connectivity index (χ1) is 14.9. The second kappa shape index (κ2) is 8.75. The van der Waals surface area contributed by atoms with Gasteiger partial charge in [-0.15, -0.1) is 5.11 Å². The number of nitrogens with one attached hydrogen (secondary N) is 1. The molecule has 3 aromatic rings. The van der Waals surface area contributed by atoms with Gasteiger partial charge in [0.2, 0.25) is 10.0 Å². The second-order valence-electron chi connectivity index (χ2n) is 6.92. The number of hydrogen-bond acceptors (Lipinski definition) is 6. The molecule has 9 nitrogen and oxygen atoms in total. The minimum Gasteiger partial charge on any atom is -0.379 e. The lowest BCUT2D eigenvalue weighted by molar-refractivity contribution is 0.0730. The highest BCUT2D eigenvalue weighted by Crippen LogP contribution is 2.23. The van der Waals surface area contributed by atoms with Crippen molar-refractivity contribution in [3.8, 4) is 5.69 Å². The van der Waals surface area contributed by atoms with Crippen molar-refractivity contribution < 1.29 is 13.2 Å². The van der Waals surface area contributed by atoms with Crippen LogP contribution in [0, 0.1) is 6.92 Å². The summed E-state index contributed by atoms with van der Waals surface area (Å²) in [6.45, 7) is 3.14. The molecule has 0 aliphatic carbocycles. The van der Waals surface area contributed by atoms with E-state index in [1.165, 1.54) is 21.1 Å². The van der Waals surface area contributed by atoms with E-state index in [2.05, 4.69) is 15.3 Å². The van der Waals surface area contributed by atoms with Gasteiger partial charge in [0.05, 0.1) is 35.2 Å². The highest BCUT2D eigenvalue weighted by Gasteiger charge is 2.26. The number of aromatic amines is 1. The Labute approximate surface area is 184 Å². The average molecular weight is 462 g/mol. The third-order valence-corrected chi connectivity index (χ3v) is 6.96. The van der Waals surface area contributed by atoms with E-state index in [1.54, 1.807) is 43.3 Å². The van der Waals surface area contributed by atoms with Crippen molar-refractivity contribution in [3.63, 3.8) is 0 Å². The number of ether oxygens (including phenoxy) is 1. The van der Waals surface area contributed by atoms with Gasteiger partial charge in [0.1, 0.15) is 0 Å². The standard InChI is InChI=1S/C20H20ClN5O4S/c1-14-19(20(27)26(24-14)17-4-2-3-15(21)13-17)23-22-16-5-7-18(8-6-16)31(28,29)25-9-11-30-12-10-25/h2-8,13,24H,9-12H2,1H3. The molecule has 0 atom stereocenters. The number of sulfonamides is 1. The molecule has 11 heteroatoms. The maximum atomic E-state index is 12.7. The number of halogens is 1. The molecule has 0 radical (unpaired) electrons. The van der Waals surface area contributed by atoms with Crippen molar-refractivity contribution in [2.45, 2.75) is 11.8 Å². The van der Waals surface area contributed by atoms with E-state index in [0.717, 1.165) is 0 Å². The second-order valence-corrected chi connectivity index (χ2v) is 9.29. The Bertz CT molecular complexity index is 1280. The molecule has 0 spiro atoms. The van der Waals surface area contributed by atoms with Gasteiger partial charge >= 0.3 is 0 Å². The third-order valence-electron chi connectivity index (χ3n) is 4.82. The van der Waals surface area contributed by atoms with E-state index in [1.807, 2.05) is 0 Å². The van der Waals surface area contributed by atoms with Crippen molar-refractivity contribution in [2.24, 2.45) is 10.2 Å². The SMILES string of the molecule is Cc1[nH]n(-c2cccc(Cl)c2)c(=O)c1N=Nc1ccc(S(=O)(=O)N2CCOCC2)cc1. The fraction of sp³-hybridized carbons (Fsp3) is 0.250. The number of azo groups is 1. The Kier molecular flexibility index (Phi) is 6.05. The summed E-state index contributed by atoms with van der Waals surface area (Å²) in [6, 6.07) is 12.9. The van der Waals surface area contributed by atoms with Crippen LogP contribution < -0.4 is 5.56 Å². The predicted octanol–water partition coefficient (Wildman–Crippen LogP) is 3.56. The van der Waals surface area contributed by atoms with Gasteiger partial charge in [-0.2, -0.15) is 9.42 Å². The van der Waals surface area contributed by atoms with Crippen LogP contribution >= 0.6 is 11.6 Å². The molecule has 2 heterocycles. The first-order valence-electron chi connectivity index (χ1n) is 9.53. The maximum absolute atomic E-state index is 12.7. The van der Waals surface area contributed by atoms with Gasteiger partial charge in [0, 0.05) is 18.1 Å². The molecule has 0 amide bonds. The number of benzene rings is 2. The van der Waals surface area contributed by atoms with E-state index in [-0.39, 0.29) is 16.1 Å². The lowest BCUT2D eigenvalue weighted by atomic mass is 10.3. The lowest BCUT2D eigenvalue weighted by Gasteiger charge is -2.25. The molecule has 162 valence electrons. The van der Waals surface area contributed by atoms with E-state index >= 15 is 0 Å². The molecule has 1 fully saturated rings. The fourth-order valence-electron chi connectivity index (χ4n) is 3.18. The number of morpholine rings is 1. The molecule has 31 heavy (non-hydrogen) atoms. The number of H-pyrrole nitrogens is 1. The largest absolute Gasteiger partial charge is 0.379 e. The van der Waals surface area contributed by atoms with Crippen LogP contribution in [0.5, 0.6) is 0 Å². The highest BCUT2D eigenvalue weighted by molar-refractivity contribution is 7.89. The van der Waals surface area contributed by atoms with Gasteiger partial charge < -0.3 is 4.74 Å². The number of nitrogens with zero attached hydrogens (tertiary/aromatic N) is 4. The molecule has 0 bridgehead atoms. The van der Waals surface area contributed by atoms with Crippen LogP contribution in [-0.2, 0) is 14.8 Å². The predicted molar refractivity (Wildman–Crippen MR) is 116 cm³/mol. The van der Waals surface area contributed by atoms with Crippen LogP contribution in [0.2, 0.25) is 5.02 Å². The van der Waals surface area contributed by atoms with Gasteiger partial charge in [0.15, 0.2) is 5.69 Å². The number of rotatable bonds is 5. The number of hydrogen-bond donors (Lipinski definition) is 1. The average Bonchev–Trinajstić information content (AvgIpc) is 3.06. The molecule has 1 aliphatic rings. The summed E-state index contributed by atoms with van der Waals surface area (Å²) < 4.78 is 33.3. The van der Waals surface area contributed by atoms with Crippen molar-refractivity contribution in [3.05, 3.63) is 69.6 Å². The van der Waals surface area contributed by atoms with Crippen LogP contribution in [0.25, 0.3) is 5.69 Å². The summed E-state index contributed by atoms with van der Waals surface area (Å²) in [7, 11) is -3.58. The summed E-state index contributed by atoms with van der Waals surface area (Å²) in [5.41, 5.74) is 1.34. The van der Waals surface area contributed by atoms with Gasteiger partial charge in [-0.25, -0.2) is 13.1 Å². The molecular formula is C20H20ClN5O4S. The van der Waals surface area contributed by atoms with E-state index < -0.39 is 10.0 Å². The molecule has 0 unspecified atom stereocenters. The lowest BCUT2D eigenvalue weighted by Crippen LogP contribution is -2.40. The van der Waals surface area contributed by atoms with Gasteiger partial charge in [-0.1, -0.05) is 17.7 Å². The Morgan fingerprint density at radius 3 is 2.45 bits per heavy atom. The maximum Gasteiger partial charge on any atom is 0.299 e. The highest BCUT2D eigenvalue weighted by atomic mass is 35.5. The van der Waals surface area contributed by atoms with Crippen molar-refractivity contribution >= 4 is 33.0 Å². The zero-order valence-electron chi connectivity index (χ0n) is 16.7. The van der Waals surface area contributed by atoms with Gasteiger partial charge in [0.25, 0.3) is 5.56 Å². The number of aryl methyl sites for hydroxylation is 1. The molecule has 0 saturated carbocycles. The van der Waals surface area contributed by atoms with Crippen molar-refractivity contribution in [1.82, 2.24) is 14.1 Å². The minimum atomic E-state index is -3.58. The molecule has 1 N–H and O–H groups in total. The van der Waals surface area contributed by atoms with Crippen molar-refractivity contribution in [1.29, 1.82) is 0 Å². The zero-order valence-corrected chi connectivity index (χ0v) is 18.2. The molecule has 4 rings (SSSR count). The van der Waals surface area contributed by atoms with Gasteiger partial charge in [-0.05, 0) is 49.4 Å². The zero-order chi connectivity index (χ0) is 22.0. The summed E-state index contributed by atoms with van der Waals surface area (Å²) >= 11 is 6.01. The molecular weight excluding hydrogens is 442 g/mol. The third kappa shape index (κ3) is 4.47. The fourth-order valence-corrected chi connectivity index (χ4v) is 4.77. The Morgan fingerprint density at radius 1 is 1.06 bits per heavy atom. The van der Waals surface area contributed by atoms with E-state index in [9.17, 15) is 13.2 Å². The van der Waals surface area contributed by atoms with Crippen LogP contribution in [0.1, 0.15) is 5.69 Å². The summed E-state index contributed by atoms with van der Waals surface area (Å²) in [6.07, 6.45) is 0. The van der Waals surface area contributed by atoms with Crippen LogP contribution in [0.15, 0.2) is 68.4 Å². The quantitative estimate of drug-likeness (QED) is 0.586. The van der Waals surface area contributed by atoms with Crippen molar-refractivity contribution in [2.75, 3.05) is 26.3 Å². The monoisotopic (exact) mass is 461 g/mol. The summed E-state index contributed by atoms with van der Waals surface area (Å²) in [5.74, 6) is 0. The minimum absolute atomic E-state index is 0.157. The Balaban J connectivity index is 1.56. The Hall–Kier alpha value is -2.79. The van der Waals surface area contributed by atoms with Crippen LogP contribution in [0.4, 0.5) is 11.4 Å². The molecule has 1 aromatic heterocycles. The molecule has 2 aromatic carbocycles. The summed E-state index contributed by atoms with van der Waals surface area (Å²) in [5, 5.41) is 11.6. The first-order valence-corrected chi connectivity index (χ1v) is 11.4. The summed E-state index contributed by atoms with van der Waals surface area (Å²) in [4.78, 5) is 12.9. The Morgan fingerprint density at radius 2 is 1.77 bits per heavy atom.